The van der Waals surface area contributed by atoms with Gasteiger partial charge in [0, 0.05) is 0 Å². The topological polar surface area (TPSA) is 9.72 Å². The quantitative estimate of drug-likeness (QED) is 0.600. The van der Waals surface area contributed by atoms with Crippen LogP contribution in [0, 0.1) is 17.8 Å². The van der Waals surface area contributed by atoms with E-state index in [2.05, 4.69) is 55.7 Å². The Morgan fingerprint density at radius 3 is 1.00 bits per heavy atom. The third kappa shape index (κ3) is 7.25. The molecule has 1 aliphatic heterocycles. The molecule has 3 nitrogen and oxygen atoms in total. The summed E-state index contributed by atoms with van der Waals surface area (Å²) in [7, 11) is 3.48. The van der Waals surface area contributed by atoms with Gasteiger partial charge in [0.15, 0.2) is 0 Å². The summed E-state index contributed by atoms with van der Waals surface area (Å²) in [5, 5.41) is 0. The number of hydrogen-bond acceptors (Lipinski definition) is 3. The maximum Gasteiger partial charge on any atom is 0.270 e. The molecule has 1 aliphatic rings. The molecule has 3 unspecified atom stereocenters. The van der Waals surface area contributed by atoms with Crippen molar-refractivity contribution in [2.24, 2.45) is 17.8 Å². The average Bonchev–Trinajstić information content (AvgIpc) is 2.46. The highest BCUT2D eigenvalue weighted by Crippen LogP contribution is 2.12. The molecular weight excluding hydrogens is 255 g/mol. The zero-order chi connectivity index (χ0) is 15.8. The maximum atomic E-state index is 2.66. The van der Waals surface area contributed by atoms with Gasteiger partial charge >= 0.3 is 0 Å². The molecule has 1 rings (SSSR count). The summed E-state index contributed by atoms with van der Waals surface area (Å²) in [4.78, 5) is 0. The predicted octanol–water partition coefficient (Wildman–Crippen LogP) is 1.84. The Kier molecular flexibility index (Phi) is 9.07. The van der Waals surface area contributed by atoms with Crippen LogP contribution in [0.25, 0.3) is 0 Å². The predicted molar refractivity (Wildman–Crippen MR) is 99.9 cm³/mol. The van der Waals surface area contributed by atoms with Crippen molar-refractivity contribution in [3.05, 3.63) is 0 Å². The van der Waals surface area contributed by atoms with Gasteiger partial charge in [-0.3, -0.25) is 0 Å². The lowest BCUT2D eigenvalue weighted by Gasteiger charge is -2.43. The van der Waals surface area contributed by atoms with Crippen LogP contribution in [-0.2, 0) is 0 Å². The molecular formula is C15H36B3N3. The van der Waals surface area contributed by atoms with E-state index in [9.17, 15) is 0 Å². The summed E-state index contributed by atoms with van der Waals surface area (Å²) in [6.07, 6.45) is 3.85. The van der Waals surface area contributed by atoms with Crippen LogP contribution in [0.1, 0.15) is 60.8 Å². The third-order valence-electron chi connectivity index (χ3n) is 5.00. The Labute approximate surface area is 135 Å². The van der Waals surface area contributed by atoms with Gasteiger partial charge in [-0.25, -0.2) is 0 Å². The van der Waals surface area contributed by atoms with E-state index in [-0.39, 0.29) is 0 Å². The van der Waals surface area contributed by atoms with Gasteiger partial charge in [-0.1, -0.05) is 60.8 Å². The molecule has 0 spiro atoms. The van der Waals surface area contributed by atoms with Crippen molar-refractivity contribution < 1.29 is 0 Å². The molecule has 1 saturated heterocycles. The molecule has 0 radical (unpaired) electrons. The van der Waals surface area contributed by atoms with E-state index in [1.165, 1.54) is 38.9 Å². The smallest absolute Gasteiger partial charge is 0.270 e. The Balaban J connectivity index is 2.59. The van der Waals surface area contributed by atoms with Crippen LogP contribution in [-0.4, -0.2) is 56.4 Å². The Morgan fingerprint density at radius 1 is 0.571 bits per heavy atom. The summed E-state index contributed by atoms with van der Waals surface area (Å²) < 4.78 is 7.97. The van der Waals surface area contributed by atoms with Crippen LogP contribution in [0.5, 0.6) is 0 Å². The number of rotatable bonds is 9. The van der Waals surface area contributed by atoms with E-state index in [0.717, 1.165) is 40.4 Å². The molecule has 1 fully saturated rings. The molecule has 0 saturated carbocycles. The zero-order valence-corrected chi connectivity index (χ0v) is 15.4. The van der Waals surface area contributed by atoms with Crippen molar-refractivity contribution in [3.8, 4) is 0 Å². The van der Waals surface area contributed by atoms with Gasteiger partial charge in [0.25, 0.3) is 22.6 Å². The lowest BCUT2D eigenvalue weighted by atomic mass is 9.72. The SMILES string of the molecule is CCC(C)CN1BN(CC(C)CC)BN(CC(C)CC)B1. The highest BCUT2D eigenvalue weighted by molar-refractivity contribution is 6.64. The minimum atomic E-state index is 0.805. The Hall–Kier alpha value is 0.0748. The second kappa shape index (κ2) is 9.96. The first-order chi connectivity index (χ1) is 9.98. The van der Waals surface area contributed by atoms with E-state index in [4.69, 9.17) is 0 Å². The monoisotopic (exact) mass is 291 g/mol. The fraction of sp³-hybridized carbons (Fsp3) is 1.00. The van der Waals surface area contributed by atoms with Gasteiger partial charge in [0.2, 0.25) is 0 Å². The summed E-state index contributed by atoms with van der Waals surface area (Å²) >= 11 is 0. The van der Waals surface area contributed by atoms with Crippen molar-refractivity contribution in [1.82, 2.24) is 14.2 Å². The second-order valence-electron chi connectivity index (χ2n) is 7.52. The van der Waals surface area contributed by atoms with Crippen molar-refractivity contribution in [1.29, 1.82) is 0 Å². The summed E-state index contributed by atoms with van der Waals surface area (Å²) in [5.41, 5.74) is 0. The molecule has 3 atom stereocenters. The molecule has 0 aromatic carbocycles. The third-order valence-corrected chi connectivity index (χ3v) is 5.00. The molecule has 0 aliphatic carbocycles. The summed E-state index contributed by atoms with van der Waals surface area (Å²) in [6, 6.07) is 0. The normalized spacial score (nSPS) is 22.0. The summed E-state index contributed by atoms with van der Waals surface area (Å²) in [6.45, 7) is 17.8. The van der Waals surface area contributed by atoms with Crippen LogP contribution >= 0.6 is 0 Å². The van der Waals surface area contributed by atoms with Gasteiger partial charge in [0.05, 0.1) is 0 Å². The molecule has 0 N–H and O–H groups in total. The Morgan fingerprint density at radius 2 is 0.810 bits per heavy atom. The molecule has 0 aromatic rings. The van der Waals surface area contributed by atoms with Crippen LogP contribution in [0.2, 0.25) is 0 Å². The van der Waals surface area contributed by atoms with Gasteiger partial charge in [-0.2, -0.15) is 0 Å². The first-order valence-electron chi connectivity index (χ1n) is 9.15. The second-order valence-corrected chi connectivity index (χ2v) is 7.52. The molecule has 21 heavy (non-hydrogen) atoms. The fourth-order valence-corrected chi connectivity index (χ4v) is 3.04. The molecule has 6 heteroatoms. The van der Waals surface area contributed by atoms with E-state index in [1.807, 2.05) is 0 Å². The van der Waals surface area contributed by atoms with E-state index < -0.39 is 0 Å². The highest BCUT2D eigenvalue weighted by atomic mass is 15.3. The first-order valence-corrected chi connectivity index (χ1v) is 9.15. The van der Waals surface area contributed by atoms with Gasteiger partial charge in [-0.05, 0) is 37.4 Å². The fourth-order valence-electron chi connectivity index (χ4n) is 3.04. The molecule has 120 valence electrons. The van der Waals surface area contributed by atoms with E-state index >= 15 is 0 Å². The lowest BCUT2D eigenvalue weighted by Crippen LogP contribution is -2.63. The van der Waals surface area contributed by atoms with Crippen LogP contribution in [0.3, 0.4) is 0 Å². The standard InChI is InChI=1S/C15H36B3N3/c1-7-13(4)10-19-16-20(11-14(5)8-2)18-21(17-19)12-15(6)9-3/h13-18H,7-12H2,1-6H3. The van der Waals surface area contributed by atoms with Gasteiger partial charge in [-0.15, -0.1) is 0 Å². The minimum absolute atomic E-state index is 0.805. The minimum Gasteiger partial charge on any atom is -0.363 e. The van der Waals surface area contributed by atoms with Crippen molar-refractivity contribution in [2.45, 2.75) is 60.8 Å². The van der Waals surface area contributed by atoms with Crippen LogP contribution in [0.4, 0.5) is 0 Å². The maximum absolute atomic E-state index is 2.66. The zero-order valence-electron chi connectivity index (χ0n) is 15.4. The van der Waals surface area contributed by atoms with E-state index in [0.29, 0.717) is 0 Å². The first kappa shape index (κ1) is 19.1. The number of nitrogens with zero attached hydrogens (tertiary/aromatic N) is 3. The Bertz CT molecular complexity index is 232. The van der Waals surface area contributed by atoms with Crippen molar-refractivity contribution in [2.75, 3.05) is 19.6 Å². The van der Waals surface area contributed by atoms with Crippen molar-refractivity contribution >= 4 is 22.6 Å². The highest BCUT2D eigenvalue weighted by Gasteiger charge is 2.29. The van der Waals surface area contributed by atoms with Gasteiger partial charge in [0.1, 0.15) is 0 Å². The summed E-state index contributed by atoms with van der Waals surface area (Å²) in [5.74, 6) is 2.41. The molecule has 0 amide bonds. The van der Waals surface area contributed by atoms with Crippen molar-refractivity contribution in [3.63, 3.8) is 0 Å². The molecule has 1 heterocycles. The van der Waals surface area contributed by atoms with E-state index in [1.54, 1.807) is 0 Å². The number of hydrogen-bond donors (Lipinski definition) is 0. The van der Waals surface area contributed by atoms with Gasteiger partial charge < -0.3 is 14.2 Å². The largest absolute Gasteiger partial charge is 0.363 e. The van der Waals surface area contributed by atoms with Crippen LogP contribution in [0.15, 0.2) is 0 Å². The molecule has 0 bridgehead atoms. The average molecular weight is 291 g/mol. The lowest BCUT2D eigenvalue weighted by molar-refractivity contribution is 0.371. The molecule has 0 aromatic heterocycles. The van der Waals surface area contributed by atoms with Crippen LogP contribution < -0.4 is 0 Å².